The first-order valence-corrected chi connectivity index (χ1v) is 6.71. The van der Waals surface area contributed by atoms with Crippen LogP contribution in [-0.4, -0.2) is 21.6 Å². The van der Waals surface area contributed by atoms with Crippen molar-refractivity contribution in [1.29, 1.82) is 0 Å². The van der Waals surface area contributed by atoms with Crippen LogP contribution >= 0.6 is 23.4 Å². The van der Waals surface area contributed by atoms with Crippen molar-refractivity contribution in [3.05, 3.63) is 34.6 Å². The molecule has 17 heavy (non-hydrogen) atoms. The quantitative estimate of drug-likeness (QED) is 0.918. The van der Waals surface area contributed by atoms with Gasteiger partial charge in [-0.15, -0.1) is 11.8 Å². The van der Waals surface area contributed by atoms with E-state index in [1.807, 2.05) is 0 Å². The molecule has 5 heteroatoms. The SMILES string of the molecule is O=C(O)C1(Cc2cc(F)ccc2Cl)CCCS1. The molecule has 0 spiro atoms. The van der Waals surface area contributed by atoms with E-state index in [0.717, 1.165) is 12.2 Å². The zero-order valence-electron chi connectivity index (χ0n) is 9.08. The molecule has 0 amide bonds. The van der Waals surface area contributed by atoms with Gasteiger partial charge in [0.15, 0.2) is 0 Å². The molecule has 1 unspecified atom stereocenters. The number of benzene rings is 1. The number of halogens is 2. The number of aliphatic carboxylic acids is 1. The molecule has 0 aromatic heterocycles. The van der Waals surface area contributed by atoms with Gasteiger partial charge in [-0.2, -0.15) is 0 Å². The molecule has 1 atom stereocenters. The highest BCUT2D eigenvalue weighted by atomic mass is 35.5. The van der Waals surface area contributed by atoms with Crippen LogP contribution in [0.15, 0.2) is 18.2 Å². The van der Waals surface area contributed by atoms with Crippen LogP contribution < -0.4 is 0 Å². The zero-order valence-corrected chi connectivity index (χ0v) is 10.7. The molecule has 1 aliphatic heterocycles. The zero-order chi connectivity index (χ0) is 12.5. The van der Waals surface area contributed by atoms with Crippen LogP contribution in [0, 0.1) is 5.82 Å². The van der Waals surface area contributed by atoms with E-state index < -0.39 is 10.7 Å². The number of carboxylic acids is 1. The van der Waals surface area contributed by atoms with Crippen LogP contribution in [0.1, 0.15) is 18.4 Å². The summed E-state index contributed by atoms with van der Waals surface area (Å²) in [6, 6.07) is 4.08. The molecule has 2 nitrogen and oxygen atoms in total. The van der Waals surface area contributed by atoms with Gasteiger partial charge in [-0.05, 0) is 48.8 Å². The maximum atomic E-state index is 13.1. The highest BCUT2D eigenvalue weighted by Gasteiger charge is 2.42. The molecule has 92 valence electrons. The van der Waals surface area contributed by atoms with E-state index in [2.05, 4.69) is 0 Å². The standard InChI is InChI=1S/C12H12ClFO2S/c13-10-3-2-9(14)6-8(10)7-12(11(15)16)4-1-5-17-12/h2-3,6H,1,4-5,7H2,(H,15,16). The number of carbonyl (C=O) groups is 1. The van der Waals surface area contributed by atoms with E-state index >= 15 is 0 Å². The fraction of sp³-hybridized carbons (Fsp3) is 0.417. The normalized spacial score (nSPS) is 23.9. The van der Waals surface area contributed by atoms with E-state index in [4.69, 9.17) is 11.6 Å². The fourth-order valence-corrected chi connectivity index (χ4v) is 3.60. The van der Waals surface area contributed by atoms with Crippen LogP contribution in [0.25, 0.3) is 0 Å². The van der Waals surface area contributed by atoms with Gasteiger partial charge < -0.3 is 5.11 Å². The topological polar surface area (TPSA) is 37.3 Å². The minimum atomic E-state index is -0.836. The Labute approximate surface area is 108 Å². The van der Waals surface area contributed by atoms with Gasteiger partial charge in [-0.25, -0.2) is 4.39 Å². The van der Waals surface area contributed by atoms with Crippen molar-refractivity contribution in [3.8, 4) is 0 Å². The Morgan fingerprint density at radius 3 is 2.94 bits per heavy atom. The summed E-state index contributed by atoms with van der Waals surface area (Å²) in [4.78, 5) is 11.4. The first kappa shape index (κ1) is 12.7. The van der Waals surface area contributed by atoms with Gasteiger partial charge in [-0.1, -0.05) is 11.6 Å². The molecule has 1 aromatic carbocycles. The van der Waals surface area contributed by atoms with Crippen molar-refractivity contribution >= 4 is 29.3 Å². The summed E-state index contributed by atoms with van der Waals surface area (Å²) in [7, 11) is 0. The lowest BCUT2D eigenvalue weighted by Crippen LogP contribution is -2.34. The predicted molar refractivity (Wildman–Crippen MR) is 67.2 cm³/mol. The summed E-state index contributed by atoms with van der Waals surface area (Å²) in [5, 5.41) is 9.76. The lowest BCUT2D eigenvalue weighted by Gasteiger charge is -2.23. The molecule has 1 fully saturated rings. The molecule has 1 heterocycles. The van der Waals surface area contributed by atoms with E-state index in [0.29, 0.717) is 17.0 Å². The molecule has 1 N–H and O–H groups in total. The summed E-state index contributed by atoms with van der Waals surface area (Å²) in [6.45, 7) is 0. The summed E-state index contributed by atoms with van der Waals surface area (Å²) in [6.07, 6.45) is 1.77. The molecule has 2 rings (SSSR count). The van der Waals surface area contributed by atoms with Crippen molar-refractivity contribution in [2.75, 3.05) is 5.75 Å². The lowest BCUT2D eigenvalue weighted by atomic mass is 9.94. The second-order valence-electron chi connectivity index (χ2n) is 4.16. The van der Waals surface area contributed by atoms with Crippen LogP contribution in [0.3, 0.4) is 0 Å². The first-order valence-electron chi connectivity index (χ1n) is 5.35. The average molecular weight is 275 g/mol. The Balaban J connectivity index is 2.29. The van der Waals surface area contributed by atoms with E-state index in [1.165, 1.54) is 30.0 Å². The monoisotopic (exact) mass is 274 g/mol. The van der Waals surface area contributed by atoms with Gasteiger partial charge in [0.1, 0.15) is 10.6 Å². The van der Waals surface area contributed by atoms with Gasteiger partial charge in [0.25, 0.3) is 0 Å². The number of thioether (sulfide) groups is 1. The Morgan fingerprint density at radius 2 is 2.35 bits per heavy atom. The Bertz CT molecular complexity index is 444. The van der Waals surface area contributed by atoms with Crippen LogP contribution in [-0.2, 0) is 11.2 Å². The van der Waals surface area contributed by atoms with Gasteiger partial charge in [0.05, 0.1) is 0 Å². The second-order valence-corrected chi connectivity index (χ2v) is 6.05. The highest BCUT2D eigenvalue weighted by Crippen LogP contribution is 2.42. The summed E-state index contributed by atoms with van der Waals surface area (Å²) in [5.74, 6) is -0.382. The molecule has 0 radical (unpaired) electrons. The van der Waals surface area contributed by atoms with Crippen LogP contribution in [0.4, 0.5) is 4.39 Å². The van der Waals surface area contributed by atoms with Gasteiger partial charge in [0, 0.05) is 5.02 Å². The molecular weight excluding hydrogens is 263 g/mol. The predicted octanol–water partition coefficient (Wildman–Crippen LogP) is 3.37. The molecule has 0 bridgehead atoms. The second kappa shape index (κ2) is 4.86. The van der Waals surface area contributed by atoms with Gasteiger partial charge >= 0.3 is 5.97 Å². The fourth-order valence-electron chi connectivity index (χ4n) is 2.07. The molecular formula is C12H12ClFO2S. The van der Waals surface area contributed by atoms with E-state index in [9.17, 15) is 14.3 Å². The van der Waals surface area contributed by atoms with Gasteiger partial charge in [0.2, 0.25) is 0 Å². The van der Waals surface area contributed by atoms with Crippen LogP contribution in [0.2, 0.25) is 5.02 Å². The smallest absolute Gasteiger partial charge is 0.320 e. The highest BCUT2D eigenvalue weighted by molar-refractivity contribution is 8.01. The molecule has 1 aromatic rings. The molecule has 1 aliphatic rings. The van der Waals surface area contributed by atoms with E-state index in [1.54, 1.807) is 0 Å². The largest absolute Gasteiger partial charge is 0.480 e. The van der Waals surface area contributed by atoms with Gasteiger partial charge in [-0.3, -0.25) is 4.79 Å². The van der Waals surface area contributed by atoms with Crippen LogP contribution in [0.5, 0.6) is 0 Å². The third kappa shape index (κ3) is 2.58. The molecule has 1 saturated heterocycles. The Morgan fingerprint density at radius 1 is 1.59 bits per heavy atom. The molecule has 0 aliphatic carbocycles. The minimum Gasteiger partial charge on any atom is -0.480 e. The van der Waals surface area contributed by atoms with Crippen molar-refractivity contribution in [3.63, 3.8) is 0 Å². The third-order valence-electron chi connectivity index (χ3n) is 2.98. The summed E-state index contributed by atoms with van der Waals surface area (Å²) < 4.78 is 12.3. The minimum absolute atomic E-state index is 0.281. The summed E-state index contributed by atoms with van der Waals surface area (Å²) in [5.41, 5.74) is 0.573. The van der Waals surface area contributed by atoms with E-state index in [-0.39, 0.29) is 12.2 Å². The maximum absolute atomic E-state index is 13.1. The first-order chi connectivity index (χ1) is 8.03. The molecule has 0 saturated carbocycles. The third-order valence-corrected chi connectivity index (χ3v) is 4.91. The Kier molecular flexibility index (Phi) is 3.64. The van der Waals surface area contributed by atoms with Crippen molar-refractivity contribution in [1.82, 2.24) is 0 Å². The number of rotatable bonds is 3. The maximum Gasteiger partial charge on any atom is 0.320 e. The summed E-state index contributed by atoms with van der Waals surface area (Å²) >= 11 is 7.40. The Hall–Kier alpha value is -0.740. The van der Waals surface area contributed by atoms with Crippen molar-refractivity contribution < 1.29 is 14.3 Å². The average Bonchev–Trinajstić information content (AvgIpc) is 2.73. The number of hydrogen-bond acceptors (Lipinski definition) is 2. The lowest BCUT2D eigenvalue weighted by molar-refractivity contribution is -0.139. The number of carboxylic acid groups (broad SMARTS) is 1. The van der Waals surface area contributed by atoms with Crippen molar-refractivity contribution in [2.24, 2.45) is 0 Å². The number of hydrogen-bond donors (Lipinski definition) is 1. The van der Waals surface area contributed by atoms with Crippen molar-refractivity contribution in [2.45, 2.75) is 24.0 Å².